The summed E-state index contributed by atoms with van der Waals surface area (Å²) in [6.07, 6.45) is -0.135. The standard InChI is InChI=1S/C21H24F3N7OS/c1-30-20(31-9-2-3-14(25)8-10-31)15(11-27-30)28-18(32)16-17(26)33-19(29-16)12-4-6-13(7-5-12)21(22,23)24/h4-7,11,14H,2-3,8-10,25-26H2,1H3,(H,28,32). The van der Waals surface area contributed by atoms with Gasteiger partial charge in [0.25, 0.3) is 5.91 Å². The van der Waals surface area contributed by atoms with Crippen LogP contribution in [0.25, 0.3) is 10.6 Å². The molecule has 0 saturated carbocycles. The van der Waals surface area contributed by atoms with Crippen LogP contribution in [0, 0.1) is 0 Å². The zero-order valence-electron chi connectivity index (χ0n) is 17.9. The number of nitrogen functional groups attached to an aromatic ring is 1. The molecule has 0 bridgehead atoms. The number of aryl methyl sites for hydroxylation is 1. The fourth-order valence-electron chi connectivity index (χ4n) is 3.83. The van der Waals surface area contributed by atoms with Crippen LogP contribution in [0.4, 0.5) is 29.7 Å². The third-order valence-electron chi connectivity index (χ3n) is 5.56. The largest absolute Gasteiger partial charge is 0.416 e. The van der Waals surface area contributed by atoms with Crippen LogP contribution in [0.3, 0.4) is 0 Å². The third kappa shape index (κ3) is 4.96. The lowest BCUT2D eigenvalue weighted by atomic mass is 10.1. The summed E-state index contributed by atoms with van der Waals surface area (Å²) in [5.41, 5.74) is 12.3. The van der Waals surface area contributed by atoms with Gasteiger partial charge >= 0.3 is 6.18 Å². The second-order valence-corrected chi connectivity index (χ2v) is 8.98. The van der Waals surface area contributed by atoms with Crippen LogP contribution >= 0.6 is 11.3 Å². The molecule has 176 valence electrons. The van der Waals surface area contributed by atoms with Crippen LogP contribution in [-0.4, -0.2) is 39.8 Å². The van der Waals surface area contributed by atoms with Crippen molar-refractivity contribution in [3.8, 4) is 10.6 Å². The number of hydrogen-bond donors (Lipinski definition) is 3. The van der Waals surface area contributed by atoms with Crippen molar-refractivity contribution in [1.82, 2.24) is 14.8 Å². The highest BCUT2D eigenvalue weighted by Crippen LogP contribution is 2.34. The molecular formula is C21H24F3N7OS. The Morgan fingerprint density at radius 1 is 1.21 bits per heavy atom. The number of nitrogens with zero attached hydrogens (tertiary/aromatic N) is 4. The lowest BCUT2D eigenvalue weighted by Crippen LogP contribution is -2.29. The number of carbonyl (C=O) groups excluding carboxylic acids is 1. The number of nitrogens with two attached hydrogens (primary N) is 2. The summed E-state index contributed by atoms with van der Waals surface area (Å²) < 4.78 is 40.1. The fourth-order valence-corrected chi connectivity index (χ4v) is 4.66. The molecule has 1 aliphatic heterocycles. The highest BCUT2D eigenvalue weighted by Gasteiger charge is 2.30. The molecule has 3 aromatic rings. The maximum atomic E-state index is 13.0. The first-order valence-electron chi connectivity index (χ1n) is 10.4. The lowest BCUT2D eigenvalue weighted by molar-refractivity contribution is -0.137. The van der Waals surface area contributed by atoms with E-state index in [2.05, 4.69) is 20.3 Å². The van der Waals surface area contributed by atoms with Gasteiger partial charge in [0, 0.05) is 31.7 Å². The number of benzene rings is 1. The Kier molecular flexibility index (Phi) is 6.30. The first kappa shape index (κ1) is 23.1. The van der Waals surface area contributed by atoms with Gasteiger partial charge in [-0.2, -0.15) is 18.3 Å². The second-order valence-electron chi connectivity index (χ2n) is 7.94. The SMILES string of the molecule is Cn1ncc(NC(=O)c2nc(-c3ccc(C(F)(F)F)cc3)sc2N)c1N1CCCC(N)CC1. The Balaban J connectivity index is 1.54. The number of thiazole rings is 1. The summed E-state index contributed by atoms with van der Waals surface area (Å²) in [7, 11) is 1.80. The van der Waals surface area contributed by atoms with E-state index in [1.54, 1.807) is 17.9 Å². The van der Waals surface area contributed by atoms with Crippen molar-refractivity contribution >= 4 is 33.8 Å². The molecule has 8 nitrogen and oxygen atoms in total. The van der Waals surface area contributed by atoms with Crippen molar-refractivity contribution in [1.29, 1.82) is 0 Å². The van der Waals surface area contributed by atoms with E-state index >= 15 is 0 Å². The van der Waals surface area contributed by atoms with Crippen molar-refractivity contribution in [2.45, 2.75) is 31.5 Å². The number of carbonyl (C=O) groups is 1. The van der Waals surface area contributed by atoms with Crippen LogP contribution in [-0.2, 0) is 13.2 Å². The topological polar surface area (TPSA) is 115 Å². The predicted molar refractivity (Wildman–Crippen MR) is 122 cm³/mol. The molecular weight excluding hydrogens is 455 g/mol. The van der Waals surface area contributed by atoms with Crippen molar-refractivity contribution in [3.05, 3.63) is 41.7 Å². The average molecular weight is 480 g/mol. The molecule has 1 amide bonds. The Bertz CT molecular complexity index is 1140. The number of alkyl halides is 3. The van der Waals surface area contributed by atoms with E-state index in [0.29, 0.717) is 16.3 Å². The smallest absolute Gasteiger partial charge is 0.389 e. The number of hydrogen-bond acceptors (Lipinski definition) is 7. The summed E-state index contributed by atoms with van der Waals surface area (Å²) in [6.45, 7) is 1.55. The molecule has 2 aromatic heterocycles. The maximum absolute atomic E-state index is 13.0. The highest BCUT2D eigenvalue weighted by atomic mass is 32.1. The van der Waals surface area contributed by atoms with Gasteiger partial charge in [-0.05, 0) is 31.4 Å². The first-order chi connectivity index (χ1) is 15.6. The van der Waals surface area contributed by atoms with Crippen molar-refractivity contribution in [2.24, 2.45) is 12.8 Å². The van der Waals surface area contributed by atoms with E-state index in [4.69, 9.17) is 11.5 Å². The number of anilines is 3. The molecule has 0 radical (unpaired) electrons. The number of rotatable bonds is 4. The van der Waals surface area contributed by atoms with Gasteiger partial charge in [0.05, 0.1) is 11.8 Å². The Morgan fingerprint density at radius 3 is 2.64 bits per heavy atom. The number of nitrogens with one attached hydrogen (secondary N) is 1. The molecule has 1 aliphatic rings. The molecule has 1 unspecified atom stereocenters. The number of halogens is 3. The van der Waals surface area contributed by atoms with E-state index in [9.17, 15) is 18.0 Å². The molecule has 1 fully saturated rings. The zero-order valence-corrected chi connectivity index (χ0v) is 18.7. The molecule has 1 atom stereocenters. The van der Waals surface area contributed by atoms with E-state index in [-0.39, 0.29) is 16.7 Å². The highest BCUT2D eigenvalue weighted by molar-refractivity contribution is 7.19. The van der Waals surface area contributed by atoms with Crippen LogP contribution < -0.4 is 21.7 Å². The fraction of sp³-hybridized carbons (Fsp3) is 0.381. The normalized spacial score (nSPS) is 17.1. The monoisotopic (exact) mass is 479 g/mol. The van der Waals surface area contributed by atoms with Crippen LogP contribution in [0.2, 0.25) is 0 Å². The quantitative estimate of drug-likeness (QED) is 0.526. The second kappa shape index (κ2) is 9.02. The van der Waals surface area contributed by atoms with E-state index in [0.717, 1.165) is 61.6 Å². The molecule has 4 rings (SSSR count). The summed E-state index contributed by atoms with van der Waals surface area (Å²) in [5, 5.41) is 7.65. The van der Waals surface area contributed by atoms with Crippen LogP contribution in [0.15, 0.2) is 30.5 Å². The first-order valence-corrected chi connectivity index (χ1v) is 11.2. The molecule has 33 heavy (non-hydrogen) atoms. The average Bonchev–Trinajstić information content (AvgIpc) is 3.25. The lowest BCUT2D eigenvalue weighted by Gasteiger charge is -2.24. The van der Waals surface area contributed by atoms with Gasteiger partial charge in [0.2, 0.25) is 0 Å². The number of aromatic nitrogens is 3. The van der Waals surface area contributed by atoms with Crippen LogP contribution in [0.5, 0.6) is 0 Å². The van der Waals surface area contributed by atoms with E-state index in [1.165, 1.54) is 12.1 Å². The van der Waals surface area contributed by atoms with E-state index in [1.807, 2.05) is 0 Å². The Labute approximate surface area is 192 Å². The molecule has 12 heteroatoms. The third-order valence-corrected chi connectivity index (χ3v) is 6.49. The van der Waals surface area contributed by atoms with Gasteiger partial charge in [-0.25, -0.2) is 4.98 Å². The van der Waals surface area contributed by atoms with Crippen molar-refractivity contribution in [3.63, 3.8) is 0 Å². The summed E-state index contributed by atoms with van der Waals surface area (Å²) in [6, 6.07) is 4.72. The number of amides is 1. The molecule has 1 saturated heterocycles. The summed E-state index contributed by atoms with van der Waals surface area (Å²) >= 11 is 1.04. The molecule has 3 heterocycles. The Hall–Kier alpha value is -3.12. The minimum absolute atomic E-state index is 0.0163. The molecule has 5 N–H and O–H groups in total. The van der Waals surface area contributed by atoms with E-state index < -0.39 is 17.6 Å². The maximum Gasteiger partial charge on any atom is 0.416 e. The minimum Gasteiger partial charge on any atom is -0.389 e. The van der Waals surface area contributed by atoms with Gasteiger partial charge in [0.15, 0.2) is 11.5 Å². The van der Waals surface area contributed by atoms with Gasteiger partial charge in [-0.3, -0.25) is 9.48 Å². The Morgan fingerprint density at radius 2 is 1.94 bits per heavy atom. The molecule has 1 aromatic carbocycles. The van der Waals surface area contributed by atoms with Gasteiger partial charge in [-0.1, -0.05) is 23.5 Å². The van der Waals surface area contributed by atoms with Gasteiger partial charge < -0.3 is 21.7 Å². The van der Waals surface area contributed by atoms with Gasteiger partial charge in [0.1, 0.15) is 15.7 Å². The summed E-state index contributed by atoms with van der Waals surface area (Å²) in [4.78, 5) is 19.4. The van der Waals surface area contributed by atoms with Gasteiger partial charge in [-0.15, -0.1) is 0 Å². The van der Waals surface area contributed by atoms with Crippen molar-refractivity contribution < 1.29 is 18.0 Å². The summed E-state index contributed by atoms with van der Waals surface area (Å²) in [5.74, 6) is 0.261. The molecule has 0 aliphatic carbocycles. The predicted octanol–water partition coefficient (Wildman–Crippen LogP) is 3.71. The van der Waals surface area contributed by atoms with Crippen LogP contribution in [0.1, 0.15) is 35.3 Å². The van der Waals surface area contributed by atoms with Crippen molar-refractivity contribution in [2.75, 3.05) is 29.0 Å². The minimum atomic E-state index is -4.43. The molecule has 0 spiro atoms. The zero-order chi connectivity index (χ0) is 23.8.